The summed E-state index contributed by atoms with van der Waals surface area (Å²) in [5.41, 5.74) is 0. The van der Waals surface area contributed by atoms with Crippen LogP contribution in [0.2, 0.25) is 0 Å². The second-order valence-corrected chi connectivity index (χ2v) is 6.74. The first-order valence-corrected chi connectivity index (χ1v) is 8.71. The lowest BCUT2D eigenvalue weighted by Crippen LogP contribution is -2.31. The number of amides is 1. The van der Waals surface area contributed by atoms with E-state index in [-0.39, 0.29) is 12.0 Å². The molecule has 2 aliphatic heterocycles. The van der Waals surface area contributed by atoms with Gasteiger partial charge in [-0.2, -0.15) is 0 Å². The molecule has 4 heterocycles. The normalized spacial score (nSPS) is 25.2. The number of aryl methyl sites for hydroxylation is 1. The van der Waals surface area contributed by atoms with E-state index in [4.69, 9.17) is 13.9 Å². The minimum Gasteiger partial charge on any atom is -0.492 e. The van der Waals surface area contributed by atoms with E-state index in [0.29, 0.717) is 30.7 Å². The van der Waals surface area contributed by atoms with Gasteiger partial charge in [-0.3, -0.25) is 9.78 Å². The van der Waals surface area contributed by atoms with Crippen molar-refractivity contribution < 1.29 is 18.7 Å². The van der Waals surface area contributed by atoms with Gasteiger partial charge in [0.1, 0.15) is 11.5 Å². The summed E-state index contributed by atoms with van der Waals surface area (Å²) >= 11 is 0. The summed E-state index contributed by atoms with van der Waals surface area (Å²) in [5.74, 6) is 2.69. The van der Waals surface area contributed by atoms with Gasteiger partial charge in [-0.05, 0) is 43.5 Å². The fraction of sp³-hybridized carbons (Fsp3) is 0.474. The first kappa shape index (κ1) is 16.1. The summed E-state index contributed by atoms with van der Waals surface area (Å²) in [4.78, 5) is 18.4. The van der Waals surface area contributed by atoms with Crippen molar-refractivity contribution in [2.45, 2.75) is 19.4 Å². The maximum absolute atomic E-state index is 12.5. The summed E-state index contributed by atoms with van der Waals surface area (Å²) < 4.78 is 17.1. The minimum atomic E-state index is -0.0449. The van der Waals surface area contributed by atoms with Crippen LogP contribution in [0.25, 0.3) is 0 Å². The number of pyridine rings is 1. The molecule has 2 aromatic rings. The van der Waals surface area contributed by atoms with Crippen LogP contribution >= 0.6 is 0 Å². The van der Waals surface area contributed by atoms with Crippen molar-refractivity contribution in [1.29, 1.82) is 0 Å². The molecule has 4 rings (SSSR count). The Kier molecular flexibility index (Phi) is 4.44. The van der Waals surface area contributed by atoms with Gasteiger partial charge in [0, 0.05) is 25.2 Å². The van der Waals surface area contributed by atoms with Crippen molar-refractivity contribution in [2.24, 2.45) is 11.8 Å². The van der Waals surface area contributed by atoms with Crippen LogP contribution < -0.4 is 4.74 Å². The minimum absolute atomic E-state index is 0.0449. The van der Waals surface area contributed by atoms with Crippen LogP contribution in [0.15, 0.2) is 41.1 Å². The van der Waals surface area contributed by atoms with E-state index in [1.807, 2.05) is 30.0 Å². The van der Waals surface area contributed by atoms with Gasteiger partial charge in [0.25, 0.3) is 5.91 Å². The average molecular weight is 342 g/mol. The Balaban J connectivity index is 1.31. The maximum atomic E-state index is 12.5. The summed E-state index contributed by atoms with van der Waals surface area (Å²) in [6.45, 7) is 4.59. The molecular weight excluding hydrogens is 320 g/mol. The Labute approximate surface area is 146 Å². The average Bonchev–Trinajstić information content (AvgIpc) is 3.32. The molecule has 0 bridgehead atoms. The Morgan fingerprint density at radius 3 is 3.04 bits per heavy atom. The zero-order valence-corrected chi connectivity index (χ0v) is 14.3. The van der Waals surface area contributed by atoms with Crippen molar-refractivity contribution >= 4 is 5.91 Å². The van der Waals surface area contributed by atoms with Crippen molar-refractivity contribution in [1.82, 2.24) is 9.88 Å². The molecule has 132 valence electrons. The quantitative estimate of drug-likeness (QED) is 0.835. The highest BCUT2D eigenvalue weighted by atomic mass is 16.5. The summed E-state index contributed by atoms with van der Waals surface area (Å²) in [6.07, 6.45) is 4.49. The maximum Gasteiger partial charge on any atom is 0.289 e. The van der Waals surface area contributed by atoms with Crippen LogP contribution in [-0.2, 0) is 4.74 Å². The molecule has 0 aromatic carbocycles. The lowest BCUT2D eigenvalue weighted by Gasteiger charge is -2.19. The molecule has 25 heavy (non-hydrogen) atoms. The number of likely N-dealkylation sites (tertiary alicyclic amines) is 1. The van der Waals surface area contributed by atoms with E-state index in [9.17, 15) is 4.79 Å². The molecule has 6 heteroatoms. The molecule has 2 saturated heterocycles. The van der Waals surface area contributed by atoms with Crippen LogP contribution in [0.1, 0.15) is 22.7 Å². The van der Waals surface area contributed by atoms with Gasteiger partial charge in [0.2, 0.25) is 0 Å². The van der Waals surface area contributed by atoms with E-state index < -0.39 is 0 Å². The molecule has 1 amide bonds. The Morgan fingerprint density at radius 1 is 1.36 bits per heavy atom. The third kappa shape index (κ3) is 3.39. The monoisotopic (exact) mass is 342 g/mol. The predicted molar refractivity (Wildman–Crippen MR) is 90.4 cm³/mol. The lowest BCUT2D eigenvalue weighted by atomic mass is 9.91. The number of fused-ring (bicyclic) bond motifs is 1. The number of hydrogen-bond donors (Lipinski definition) is 0. The number of carbonyl (C=O) groups excluding carboxylic acids is 1. The molecule has 2 aromatic heterocycles. The Morgan fingerprint density at radius 2 is 2.28 bits per heavy atom. The van der Waals surface area contributed by atoms with E-state index in [1.165, 1.54) is 0 Å². The molecule has 0 radical (unpaired) electrons. The molecule has 6 nitrogen and oxygen atoms in total. The molecule has 0 N–H and O–H groups in total. The summed E-state index contributed by atoms with van der Waals surface area (Å²) in [5, 5.41) is 0. The van der Waals surface area contributed by atoms with Gasteiger partial charge in [-0.25, -0.2) is 0 Å². The van der Waals surface area contributed by atoms with Crippen LogP contribution in [0.5, 0.6) is 5.75 Å². The van der Waals surface area contributed by atoms with Crippen molar-refractivity contribution in [3.8, 4) is 5.75 Å². The highest BCUT2D eigenvalue weighted by molar-refractivity contribution is 5.91. The van der Waals surface area contributed by atoms with Crippen LogP contribution in [0.3, 0.4) is 0 Å². The predicted octanol–water partition coefficient (Wildman–Crippen LogP) is 2.54. The highest BCUT2D eigenvalue weighted by Crippen LogP contribution is 2.36. The van der Waals surface area contributed by atoms with Gasteiger partial charge >= 0.3 is 0 Å². The zero-order valence-electron chi connectivity index (χ0n) is 14.3. The lowest BCUT2D eigenvalue weighted by molar-refractivity contribution is 0.0645. The van der Waals surface area contributed by atoms with Crippen molar-refractivity contribution in [2.75, 3.05) is 26.3 Å². The molecule has 3 atom stereocenters. The smallest absolute Gasteiger partial charge is 0.289 e. The second kappa shape index (κ2) is 6.88. The molecule has 2 fully saturated rings. The summed E-state index contributed by atoms with van der Waals surface area (Å²) in [6, 6.07) is 7.33. The number of nitrogens with zero attached hydrogens (tertiary/aromatic N) is 2. The third-order valence-electron chi connectivity index (χ3n) is 5.07. The third-order valence-corrected chi connectivity index (χ3v) is 5.07. The molecule has 0 spiro atoms. The molecule has 0 unspecified atom stereocenters. The Bertz CT molecular complexity index is 730. The molecule has 2 aliphatic rings. The number of hydrogen-bond acceptors (Lipinski definition) is 5. The number of ether oxygens (including phenoxy) is 2. The standard InChI is InChI=1S/C19H22N2O4/c1-13-4-5-17(25-13)19(22)21-10-16-14(12-24-18(16)11-21)6-8-23-15-3-2-7-20-9-15/h2-5,7,9,14,16,18H,6,8,10-12H2,1H3/t14-,16-,18-/m0/s1. The number of rotatable bonds is 5. The van der Waals surface area contributed by atoms with E-state index in [1.54, 1.807) is 18.5 Å². The van der Waals surface area contributed by atoms with Gasteiger partial charge < -0.3 is 18.8 Å². The van der Waals surface area contributed by atoms with Gasteiger partial charge in [-0.1, -0.05) is 0 Å². The van der Waals surface area contributed by atoms with Crippen molar-refractivity contribution in [3.05, 3.63) is 48.2 Å². The fourth-order valence-electron chi connectivity index (χ4n) is 3.73. The number of aromatic nitrogens is 1. The molecular formula is C19H22N2O4. The number of carbonyl (C=O) groups is 1. The van der Waals surface area contributed by atoms with Crippen molar-refractivity contribution in [3.63, 3.8) is 0 Å². The van der Waals surface area contributed by atoms with Gasteiger partial charge in [0.15, 0.2) is 5.76 Å². The van der Waals surface area contributed by atoms with Crippen LogP contribution in [-0.4, -0.2) is 48.2 Å². The van der Waals surface area contributed by atoms with E-state index in [0.717, 1.165) is 31.1 Å². The Hall–Kier alpha value is -2.34. The number of furan rings is 1. The van der Waals surface area contributed by atoms with E-state index in [2.05, 4.69) is 4.98 Å². The topological polar surface area (TPSA) is 64.8 Å². The van der Waals surface area contributed by atoms with Gasteiger partial charge in [-0.15, -0.1) is 0 Å². The first-order valence-electron chi connectivity index (χ1n) is 8.71. The molecule has 0 aliphatic carbocycles. The zero-order chi connectivity index (χ0) is 17.2. The molecule has 0 saturated carbocycles. The SMILES string of the molecule is Cc1ccc(C(=O)N2C[C@H]3[C@@H](CCOc4cccnc4)CO[C@H]3C2)o1. The van der Waals surface area contributed by atoms with Gasteiger partial charge in [0.05, 0.1) is 25.5 Å². The fourth-order valence-corrected chi connectivity index (χ4v) is 3.73. The largest absolute Gasteiger partial charge is 0.492 e. The van der Waals surface area contributed by atoms with E-state index >= 15 is 0 Å². The second-order valence-electron chi connectivity index (χ2n) is 6.74. The first-order chi connectivity index (χ1) is 12.2. The highest BCUT2D eigenvalue weighted by Gasteiger charge is 2.45. The van der Waals surface area contributed by atoms with Crippen LogP contribution in [0.4, 0.5) is 0 Å². The van der Waals surface area contributed by atoms with Crippen LogP contribution in [0, 0.1) is 18.8 Å². The summed E-state index contributed by atoms with van der Waals surface area (Å²) in [7, 11) is 0.